The molecule has 1 aromatic carbocycles. The van der Waals surface area contributed by atoms with Crippen LogP contribution in [-0.4, -0.2) is 14.7 Å². The third-order valence-electron chi connectivity index (χ3n) is 2.01. The standard InChI is InChI=1S/C12H14F3NO2Si/c1-19(2,3)18-11(8-16)9-4-6-10(7-5-9)17-12(13,14)15/h4-7,11H,1-3H3. The maximum atomic E-state index is 12.0. The molecule has 1 unspecified atom stereocenters. The van der Waals surface area contributed by atoms with E-state index in [9.17, 15) is 13.2 Å². The van der Waals surface area contributed by atoms with E-state index in [1.165, 1.54) is 24.3 Å². The van der Waals surface area contributed by atoms with Crippen LogP contribution >= 0.6 is 0 Å². The van der Waals surface area contributed by atoms with Crippen molar-refractivity contribution < 1.29 is 22.3 Å². The zero-order chi connectivity index (χ0) is 14.7. The Bertz CT molecular complexity index is 460. The summed E-state index contributed by atoms with van der Waals surface area (Å²) in [4.78, 5) is 0. The number of nitrogens with zero attached hydrogens (tertiary/aromatic N) is 1. The van der Waals surface area contributed by atoms with Crippen LogP contribution in [0.1, 0.15) is 11.7 Å². The maximum Gasteiger partial charge on any atom is 0.573 e. The molecule has 1 atom stereocenters. The normalized spacial score (nSPS) is 13.7. The Hall–Kier alpha value is -1.52. The molecule has 7 heteroatoms. The van der Waals surface area contributed by atoms with Crippen LogP contribution in [0.5, 0.6) is 5.75 Å². The van der Waals surface area contributed by atoms with Gasteiger partial charge in [-0.2, -0.15) is 5.26 Å². The van der Waals surface area contributed by atoms with Crippen molar-refractivity contribution >= 4 is 8.32 Å². The molecule has 104 valence electrons. The molecule has 0 N–H and O–H groups in total. The van der Waals surface area contributed by atoms with Crippen LogP contribution in [0.15, 0.2) is 24.3 Å². The Labute approximate surface area is 110 Å². The van der Waals surface area contributed by atoms with E-state index in [4.69, 9.17) is 9.69 Å². The number of hydrogen-bond acceptors (Lipinski definition) is 3. The lowest BCUT2D eigenvalue weighted by molar-refractivity contribution is -0.274. The smallest absolute Gasteiger partial charge is 0.406 e. The summed E-state index contributed by atoms with van der Waals surface area (Å²) in [6, 6.07) is 7.12. The number of halogens is 3. The minimum absolute atomic E-state index is 0.319. The summed E-state index contributed by atoms with van der Waals surface area (Å²) in [6.45, 7) is 5.79. The summed E-state index contributed by atoms with van der Waals surface area (Å²) >= 11 is 0. The minimum Gasteiger partial charge on any atom is -0.406 e. The van der Waals surface area contributed by atoms with E-state index in [0.29, 0.717) is 5.56 Å². The average Bonchev–Trinajstić information content (AvgIpc) is 2.23. The highest BCUT2D eigenvalue weighted by Gasteiger charge is 2.31. The molecule has 3 nitrogen and oxygen atoms in total. The summed E-state index contributed by atoms with van der Waals surface area (Å²) in [5.41, 5.74) is 0.513. The molecular weight excluding hydrogens is 275 g/mol. The first-order valence-electron chi connectivity index (χ1n) is 5.54. The highest BCUT2D eigenvalue weighted by atomic mass is 28.4. The van der Waals surface area contributed by atoms with Gasteiger partial charge in [0.15, 0.2) is 14.4 Å². The van der Waals surface area contributed by atoms with E-state index < -0.39 is 20.8 Å². The Morgan fingerprint density at radius 3 is 2.05 bits per heavy atom. The van der Waals surface area contributed by atoms with Crippen LogP contribution in [-0.2, 0) is 4.43 Å². The van der Waals surface area contributed by atoms with E-state index in [1.54, 1.807) is 0 Å². The van der Waals surface area contributed by atoms with Gasteiger partial charge in [0.25, 0.3) is 0 Å². The van der Waals surface area contributed by atoms with E-state index in [0.717, 1.165) is 0 Å². The van der Waals surface area contributed by atoms with Crippen molar-refractivity contribution in [1.29, 1.82) is 5.26 Å². The SMILES string of the molecule is C[Si](C)(C)OC(C#N)c1ccc(OC(F)(F)F)cc1. The maximum absolute atomic E-state index is 12.0. The van der Waals surface area contributed by atoms with Gasteiger partial charge in [0.2, 0.25) is 0 Å². The summed E-state index contributed by atoms with van der Waals surface area (Å²) < 4.78 is 45.4. The predicted octanol–water partition coefficient (Wildman–Crippen LogP) is 4.00. The number of benzene rings is 1. The summed E-state index contributed by atoms with van der Waals surface area (Å²) in [6.07, 6.45) is -5.49. The number of rotatable bonds is 4. The molecule has 0 fully saturated rings. The van der Waals surface area contributed by atoms with E-state index in [2.05, 4.69) is 4.74 Å². The largest absolute Gasteiger partial charge is 0.573 e. The molecule has 0 spiro atoms. The van der Waals surface area contributed by atoms with Gasteiger partial charge < -0.3 is 9.16 Å². The molecule has 0 aromatic heterocycles. The summed E-state index contributed by atoms with van der Waals surface area (Å²) in [7, 11) is -1.91. The first-order chi connectivity index (χ1) is 8.61. The van der Waals surface area contributed by atoms with Gasteiger partial charge in [-0.15, -0.1) is 13.2 Å². The lowest BCUT2D eigenvalue weighted by Gasteiger charge is -2.22. The molecule has 0 radical (unpaired) electrons. The topological polar surface area (TPSA) is 42.2 Å². The quantitative estimate of drug-likeness (QED) is 0.787. The van der Waals surface area contributed by atoms with Crippen LogP contribution in [0.4, 0.5) is 13.2 Å². The lowest BCUT2D eigenvalue weighted by atomic mass is 10.1. The van der Waals surface area contributed by atoms with Gasteiger partial charge in [-0.05, 0) is 37.3 Å². The fourth-order valence-electron chi connectivity index (χ4n) is 1.37. The molecule has 1 rings (SSSR count). The molecule has 0 saturated heterocycles. The molecule has 0 aliphatic rings. The van der Waals surface area contributed by atoms with Crippen LogP contribution < -0.4 is 4.74 Å². The van der Waals surface area contributed by atoms with Gasteiger partial charge in [0.1, 0.15) is 5.75 Å². The van der Waals surface area contributed by atoms with Crippen molar-refractivity contribution in [2.45, 2.75) is 32.1 Å². The van der Waals surface area contributed by atoms with Crippen LogP contribution in [0.25, 0.3) is 0 Å². The minimum atomic E-state index is -4.72. The first-order valence-corrected chi connectivity index (χ1v) is 8.95. The third kappa shape index (κ3) is 5.76. The van der Waals surface area contributed by atoms with Crippen LogP contribution in [0.2, 0.25) is 19.6 Å². The van der Waals surface area contributed by atoms with Gasteiger partial charge in [-0.3, -0.25) is 0 Å². The van der Waals surface area contributed by atoms with Crippen LogP contribution in [0.3, 0.4) is 0 Å². The zero-order valence-electron chi connectivity index (χ0n) is 10.8. The molecular formula is C12H14F3NO2Si. The molecule has 0 amide bonds. The Kier molecular flexibility index (Phi) is 4.60. The van der Waals surface area contributed by atoms with Gasteiger partial charge in [0.05, 0.1) is 6.07 Å². The number of hydrogen-bond donors (Lipinski definition) is 0. The fraction of sp³-hybridized carbons (Fsp3) is 0.417. The molecule has 0 aliphatic heterocycles. The van der Waals surface area contributed by atoms with Crippen molar-refractivity contribution in [1.82, 2.24) is 0 Å². The van der Waals surface area contributed by atoms with Crippen molar-refractivity contribution in [2.24, 2.45) is 0 Å². The highest BCUT2D eigenvalue weighted by Crippen LogP contribution is 2.26. The molecule has 0 saturated carbocycles. The number of ether oxygens (including phenoxy) is 1. The Balaban J connectivity index is 2.83. The van der Waals surface area contributed by atoms with Gasteiger partial charge in [-0.25, -0.2) is 0 Å². The summed E-state index contributed by atoms with van der Waals surface area (Å²) in [5, 5.41) is 9.03. The lowest BCUT2D eigenvalue weighted by Crippen LogP contribution is -2.27. The van der Waals surface area contributed by atoms with Crippen molar-refractivity contribution in [3.63, 3.8) is 0 Å². The van der Waals surface area contributed by atoms with Crippen molar-refractivity contribution in [2.75, 3.05) is 0 Å². The second kappa shape index (κ2) is 5.63. The Morgan fingerprint density at radius 2 is 1.68 bits per heavy atom. The second-order valence-electron chi connectivity index (χ2n) is 4.86. The zero-order valence-corrected chi connectivity index (χ0v) is 11.8. The molecule has 0 heterocycles. The summed E-state index contributed by atoms with van der Waals surface area (Å²) in [5.74, 6) is -0.319. The molecule has 19 heavy (non-hydrogen) atoms. The van der Waals surface area contributed by atoms with E-state index in [-0.39, 0.29) is 5.75 Å². The first kappa shape index (κ1) is 15.5. The van der Waals surface area contributed by atoms with Gasteiger partial charge in [-0.1, -0.05) is 12.1 Å². The second-order valence-corrected chi connectivity index (χ2v) is 9.32. The highest BCUT2D eigenvalue weighted by molar-refractivity contribution is 6.69. The Morgan fingerprint density at radius 1 is 1.16 bits per heavy atom. The third-order valence-corrected chi connectivity index (χ3v) is 2.95. The number of nitriles is 1. The molecule has 1 aromatic rings. The van der Waals surface area contributed by atoms with Gasteiger partial charge in [0, 0.05) is 0 Å². The monoisotopic (exact) mass is 289 g/mol. The molecule has 0 aliphatic carbocycles. The average molecular weight is 289 g/mol. The fourth-order valence-corrected chi connectivity index (χ4v) is 2.26. The van der Waals surface area contributed by atoms with Crippen molar-refractivity contribution in [3.8, 4) is 11.8 Å². The van der Waals surface area contributed by atoms with Crippen molar-refractivity contribution in [3.05, 3.63) is 29.8 Å². The predicted molar refractivity (Wildman–Crippen MR) is 65.9 cm³/mol. The van der Waals surface area contributed by atoms with E-state index >= 15 is 0 Å². The van der Waals surface area contributed by atoms with E-state index in [1.807, 2.05) is 25.7 Å². The van der Waals surface area contributed by atoms with Crippen LogP contribution in [0, 0.1) is 11.3 Å². The number of alkyl halides is 3. The molecule has 0 bridgehead atoms. The van der Waals surface area contributed by atoms with Gasteiger partial charge >= 0.3 is 6.36 Å².